The number of nitrogens with two attached hydrogens (primary N) is 1. The van der Waals surface area contributed by atoms with Crippen LogP contribution in [0.3, 0.4) is 0 Å². The number of rotatable bonds is 8. The Bertz CT molecular complexity index is 1190. The van der Waals surface area contributed by atoms with Gasteiger partial charge in [0.25, 0.3) is 5.91 Å². The fraction of sp³-hybridized carbons (Fsp3) is 0.400. The van der Waals surface area contributed by atoms with Crippen LogP contribution in [-0.2, 0) is 17.5 Å². The van der Waals surface area contributed by atoms with Gasteiger partial charge in [0, 0.05) is 37.4 Å². The molecule has 3 rings (SSSR count). The molecule has 38 heavy (non-hydrogen) atoms. The average Bonchev–Trinajstić information content (AvgIpc) is 3.25. The van der Waals surface area contributed by atoms with Gasteiger partial charge in [0.2, 0.25) is 5.91 Å². The Labute approximate surface area is 223 Å². The molecule has 9 nitrogen and oxygen atoms in total. The van der Waals surface area contributed by atoms with Crippen LogP contribution in [0.1, 0.15) is 41.8 Å². The molecule has 206 valence electrons. The maximum Gasteiger partial charge on any atom is 0.416 e. The van der Waals surface area contributed by atoms with E-state index in [2.05, 4.69) is 26.2 Å². The van der Waals surface area contributed by atoms with Crippen LogP contribution in [0.4, 0.5) is 29.3 Å². The number of halogens is 4. The number of nitrogens with zero attached hydrogens (tertiary/aromatic N) is 1. The molecule has 1 saturated heterocycles. The van der Waals surface area contributed by atoms with Crippen molar-refractivity contribution < 1.29 is 27.6 Å². The Hall–Kier alpha value is -3.51. The van der Waals surface area contributed by atoms with E-state index in [-0.39, 0.29) is 29.4 Å². The van der Waals surface area contributed by atoms with Crippen molar-refractivity contribution in [3.63, 3.8) is 0 Å². The number of nitrogen functional groups attached to an aromatic ring is 1. The van der Waals surface area contributed by atoms with E-state index in [1.165, 1.54) is 0 Å². The highest BCUT2D eigenvalue weighted by molar-refractivity contribution is 6.33. The molecule has 1 aliphatic heterocycles. The third-order valence-electron chi connectivity index (χ3n) is 5.78. The van der Waals surface area contributed by atoms with Gasteiger partial charge in [-0.1, -0.05) is 17.7 Å². The van der Waals surface area contributed by atoms with Crippen LogP contribution in [0, 0.1) is 0 Å². The number of amides is 4. The molecule has 6 N–H and O–H groups in total. The highest BCUT2D eigenvalue weighted by Crippen LogP contribution is 2.31. The van der Waals surface area contributed by atoms with Crippen LogP contribution in [-0.4, -0.2) is 54.5 Å². The largest absolute Gasteiger partial charge is 0.416 e. The predicted molar refractivity (Wildman–Crippen MR) is 139 cm³/mol. The summed E-state index contributed by atoms with van der Waals surface area (Å²) >= 11 is 6.21. The summed E-state index contributed by atoms with van der Waals surface area (Å²) in [5.41, 5.74) is 5.58. The second-order valence-corrected chi connectivity index (χ2v) is 9.75. The molecular weight excluding hydrogens is 525 g/mol. The first kappa shape index (κ1) is 29.1. The van der Waals surface area contributed by atoms with E-state index in [4.69, 9.17) is 17.3 Å². The van der Waals surface area contributed by atoms with Crippen molar-refractivity contribution in [1.29, 1.82) is 0 Å². The van der Waals surface area contributed by atoms with Crippen LogP contribution < -0.4 is 27.0 Å². The van der Waals surface area contributed by atoms with Gasteiger partial charge in [0.05, 0.1) is 28.4 Å². The summed E-state index contributed by atoms with van der Waals surface area (Å²) in [6.45, 7) is 5.11. The van der Waals surface area contributed by atoms with Gasteiger partial charge in [0.15, 0.2) is 0 Å². The zero-order valence-electron chi connectivity index (χ0n) is 20.9. The Morgan fingerprint density at radius 2 is 1.89 bits per heavy atom. The summed E-state index contributed by atoms with van der Waals surface area (Å²) in [5.74, 6) is -1.34. The van der Waals surface area contributed by atoms with Crippen molar-refractivity contribution in [3.8, 4) is 0 Å². The number of benzene rings is 2. The van der Waals surface area contributed by atoms with Crippen molar-refractivity contribution in [1.82, 2.24) is 20.9 Å². The topological polar surface area (TPSA) is 129 Å². The van der Waals surface area contributed by atoms with Gasteiger partial charge in [-0.25, -0.2) is 4.79 Å². The fourth-order valence-electron chi connectivity index (χ4n) is 4.00. The predicted octanol–water partition coefficient (Wildman–Crippen LogP) is 3.59. The lowest BCUT2D eigenvalue weighted by molar-refractivity contribution is -0.137. The number of likely N-dealkylation sites (tertiary alicyclic amines) is 1. The van der Waals surface area contributed by atoms with Gasteiger partial charge in [-0.15, -0.1) is 0 Å². The van der Waals surface area contributed by atoms with E-state index in [0.717, 1.165) is 17.7 Å². The number of hydrogen-bond donors (Lipinski definition) is 5. The lowest BCUT2D eigenvalue weighted by Crippen LogP contribution is -2.43. The van der Waals surface area contributed by atoms with E-state index in [1.54, 1.807) is 12.1 Å². The van der Waals surface area contributed by atoms with Gasteiger partial charge in [-0.2, -0.15) is 13.2 Å². The smallest absolute Gasteiger partial charge is 0.398 e. The molecule has 2 aromatic rings. The van der Waals surface area contributed by atoms with Gasteiger partial charge in [0.1, 0.15) is 0 Å². The molecular formula is C25H30ClF3N6O3. The van der Waals surface area contributed by atoms with E-state index in [0.29, 0.717) is 42.8 Å². The summed E-state index contributed by atoms with van der Waals surface area (Å²) in [4.78, 5) is 38.8. The van der Waals surface area contributed by atoms with E-state index < -0.39 is 30.1 Å². The number of carbonyl (C=O) groups is 3. The van der Waals surface area contributed by atoms with Crippen molar-refractivity contribution in [2.75, 3.05) is 30.7 Å². The monoisotopic (exact) mass is 554 g/mol. The Morgan fingerprint density at radius 3 is 2.58 bits per heavy atom. The number of carbonyl (C=O) groups excluding carboxylic acids is 3. The maximum absolute atomic E-state index is 12.9. The second kappa shape index (κ2) is 12.4. The summed E-state index contributed by atoms with van der Waals surface area (Å²) in [7, 11) is 0. The standard InChI is InChI=1S/C25H30ClF3N6O3/c1-14(2)32-24(38)34-21-9-15(3-5-19(21)26)12-35-8-7-17(13-35)33-22(36)11-31-23(37)18-10-16(25(27,28)29)4-6-20(18)30/h3-6,9-10,14,17H,7-8,11-13,30H2,1-2H3,(H,31,37)(H,33,36)(H2,32,34,38)/t17-/m0/s1. The molecule has 0 radical (unpaired) electrons. The number of nitrogens with one attached hydrogen (secondary N) is 4. The lowest BCUT2D eigenvalue weighted by atomic mass is 10.1. The quantitative estimate of drug-likeness (QED) is 0.319. The molecule has 1 aliphatic rings. The van der Waals surface area contributed by atoms with Crippen molar-refractivity contribution in [2.24, 2.45) is 0 Å². The van der Waals surface area contributed by atoms with E-state index >= 15 is 0 Å². The fourth-order valence-corrected chi connectivity index (χ4v) is 4.17. The molecule has 0 unspecified atom stereocenters. The van der Waals surface area contributed by atoms with Crippen LogP contribution >= 0.6 is 11.6 Å². The highest BCUT2D eigenvalue weighted by atomic mass is 35.5. The average molecular weight is 555 g/mol. The molecule has 4 amide bonds. The first-order valence-corrected chi connectivity index (χ1v) is 12.3. The van der Waals surface area contributed by atoms with Gasteiger partial charge >= 0.3 is 12.2 Å². The van der Waals surface area contributed by atoms with Crippen LogP contribution in [0.25, 0.3) is 0 Å². The normalized spacial score (nSPS) is 15.8. The van der Waals surface area contributed by atoms with E-state index in [1.807, 2.05) is 19.9 Å². The molecule has 13 heteroatoms. The Kier molecular flexibility index (Phi) is 9.45. The Morgan fingerprint density at radius 1 is 1.16 bits per heavy atom. The van der Waals surface area contributed by atoms with Crippen molar-refractivity contribution in [2.45, 2.75) is 45.1 Å². The second-order valence-electron chi connectivity index (χ2n) is 9.34. The molecule has 2 aromatic carbocycles. The molecule has 0 spiro atoms. The third-order valence-corrected chi connectivity index (χ3v) is 6.11. The maximum atomic E-state index is 12.9. The molecule has 0 aromatic heterocycles. The summed E-state index contributed by atoms with van der Waals surface area (Å²) < 4.78 is 38.8. The van der Waals surface area contributed by atoms with E-state index in [9.17, 15) is 27.6 Å². The minimum Gasteiger partial charge on any atom is -0.398 e. The zero-order valence-corrected chi connectivity index (χ0v) is 21.7. The zero-order chi connectivity index (χ0) is 28.0. The van der Waals surface area contributed by atoms with Gasteiger partial charge < -0.3 is 27.0 Å². The highest BCUT2D eigenvalue weighted by Gasteiger charge is 2.31. The van der Waals surface area contributed by atoms with Crippen molar-refractivity contribution >= 4 is 40.8 Å². The number of anilines is 2. The molecule has 1 fully saturated rings. The van der Waals surface area contributed by atoms with Gasteiger partial charge in [-0.05, 0) is 56.2 Å². The van der Waals surface area contributed by atoms with Crippen LogP contribution in [0.5, 0.6) is 0 Å². The van der Waals surface area contributed by atoms with Crippen LogP contribution in [0.2, 0.25) is 5.02 Å². The summed E-state index contributed by atoms with van der Waals surface area (Å²) in [6, 6.07) is 7.26. The summed E-state index contributed by atoms with van der Waals surface area (Å²) in [5, 5.41) is 11.0. The number of alkyl halides is 3. The number of urea groups is 1. The third kappa shape index (κ3) is 8.25. The molecule has 0 bridgehead atoms. The molecule has 1 heterocycles. The lowest BCUT2D eigenvalue weighted by Gasteiger charge is -2.18. The first-order chi connectivity index (χ1) is 17.8. The molecule has 0 saturated carbocycles. The minimum absolute atomic E-state index is 0.0271. The molecule has 0 aliphatic carbocycles. The first-order valence-electron chi connectivity index (χ1n) is 11.9. The SMILES string of the molecule is CC(C)NC(=O)Nc1cc(CN2CC[C@H](NC(=O)CNC(=O)c3cc(C(F)(F)F)ccc3N)C2)ccc1Cl. The Balaban J connectivity index is 1.49. The number of hydrogen-bond acceptors (Lipinski definition) is 5. The molecule has 1 atom stereocenters. The van der Waals surface area contributed by atoms with Crippen molar-refractivity contribution in [3.05, 3.63) is 58.1 Å². The van der Waals surface area contributed by atoms with Crippen LogP contribution in [0.15, 0.2) is 36.4 Å². The minimum atomic E-state index is -4.62. The summed E-state index contributed by atoms with van der Waals surface area (Å²) in [6.07, 6.45) is -3.95. The van der Waals surface area contributed by atoms with Gasteiger partial charge in [-0.3, -0.25) is 14.5 Å².